The Morgan fingerprint density at radius 3 is 1.55 bits per heavy atom. The molecule has 8 aromatic carbocycles. The molecule has 0 amide bonds. The lowest BCUT2D eigenvalue weighted by Crippen LogP contribution is -2.01. The Morgan fingerprint density at radius 2 is 0.863 bits per heavy atom. The van der Waals surface area contributed by atoms with Crippen molar-refractivity contribution in [3.63, 3.8) is 0 Å². The number of hydrogen-bond acceptors (Lipinski definition) is 3. The summed E-state index contributed by atoms with van der Waals surface area (Å²) in [5, 5.41) is 7.10. The molecule has 0 radical (unpaired) electrons. The standard InChI is InChI=1S/C47H30N4/c1-4-14-31(15-5-1)36-26-27-39-41-28-34-20-10-11-21-35(34)29-44(41)51(43(39)30-36)42-25-13-22-37-38(42)23-12-24-40(37)47-49-45(32-16-6-2-7-17-32)48-46(50-47)33-18-8-3-9-19-33/h1-30H. The average Bonchev–Trinajstić information content (AvgIpc) is 3.52. The molecule has 0 aliphatic rings. The Bertz CT molecular complexity index is 2840. The zero-order valence-corrected chi connectivity index (χ0v) is 27.6. The summed E-state index contributed by atoms with van der Waals surface area (Å²) < 4.78 is 2.44. The number of nitrogens with zero attached hydrogens (tertiary/aromatic N) is 4. The van der Waals surface area contributed by atoms with E-state index in [0.717, 1.165) is 38.7 Å². The number of hydrogen-bond donors (Lipinski definition) is 0. The van der Waals surface area contributed by atoms with E-state index in [2.05, 4.69) is 126 Å². The van der Waals surface area contributed by atoms with Crippen LogP contribution in [0.3, 0.4) is 0 Å². The molecule has 0 saturated heterocycles. The Morgan fingerprint density at radius 1 is 0.314 bits per heavy atom. The molecule has 0 fully saturated rings. The molecule has 2 aromatic heterocycles. The van der Waals surface area contributed by atoms with E-state index in [1.807, 2.05) is 60.7 Å². The predicted octanol–water partition coefficient (Wildman–Crippen LogP) is 11.9. The van der Waals surface area contributed by atoms with E-state index in [-0.39, 0.29) is 0 Å². The van der Waals surface area contributed by atoms with E-state index in [9.17, 15) is 0 Å². The minimum absolute atomic E-state index is 0.644. The smallest absolute Gasteiger partial charge is 0.164 e. The van der Waals surface area contributed by atoms with Gasteiger partial charge in [0.05, 0.1) is 16.7 Å². The third-order valence-corrected chi connectivity index (χ3v) is 9.82. The van der Waals surface area contributed by atoms with Gasteiger partial charge in [-0.15, -0.1) is 0 Å². The third-order valence-electron chi connectivity index (χ3n) is 9.82. The van der Waals surface area contributed by atoms with Crippen LogP contribution in [0.4, 0.5) is 0 Å². The van der Waals surface area contributed by atoms with Gasteiger partial charge in [0.25, 0.3) is 0 Å². The zero-order valence-electron chi connectivity index (χ0n) is 27.6. The first kappa shape index (κ1) is 29.0. The van der Waals surface area contributed by atoms with Gasteiger partial charge in [0.15, 0.2) is 17.5 Å². The van der Waals surface area contributed by atoms with Crippen LogP contribution in [0.25, 0.3) is 94.3 Å². The maximum Gasteiger partial charge on any atom is 0.164 e. The lowest BCUT2D eigenvalue weighted by molar-refractivity contribution is 1.08. The fourth-order valence-electron chi connectivity index (χ4n) is 7.39. The molecule has 238 valence electrons. The van der Waals surface area contributed by atoms with Crippen LogP contribution in [0.1, 0.15) is 0 Å². The van der Waals surface area contributed by atoms with Crippen LogP contribution in [-0.2, 0) is 0 Å². The van der Waals surface area contributed by atoms with Crippen LogP contribution < -0.4 is 0 Å². The summed E-state index contributed by atoms with van der Waals surface area (Å²) >= 11 is 0. The van der Waals surface area contributed by atoms with Crippen LogP contribution in [0.2, 0.25) is 0 Å². The van der Waals surface area contributed by atoms with E-state index in [1.165, 1.54) is 38.2 Å². The van der Waals surface area contributed by atoms with Gasteiger partial charge in [-0.1, -0.05) is 158 Å². The van der Waals surface area contributed by atoms with Crippen molar-refractivity contribution in [2.45, 2.75) is 0 Å². The predicted molar refractivity (Wildman–Crippen MR) is 211 cm³/mol. The maximum atomic E-state index is 5.09. The molecule has 51 heavy (non-hydrogen) atoms. The second-order valence-corrected chi connectivity index (χ2v) is 12.9. The molecule has 0 aliphatic heterocycles. The summed E-state index contributed by atoms with van der Waals surface area (Å²) in [7, 11) is 0. The van der Waals surface area contributed by atoms with Gasteiger partial charge in [-0.25, -0.2) is 15.0 Å². The first-order valence-electron chi connectivity index (χ1n) is 17.2. The van der Waals surface area contributed by atoms with Crippen molar-refractivity contribution < 1.29 is 0 Å². The largest absolute Gasteiger partial charge is 0.309 e. The Kier molecular flexibility index (Phi) is 6.78. The number of rotatable bonds is 5. The SMILES string of the molecule is c1ccc(-c2ccc3c4cc5ccccc5cc4n(-c4cccc5c(-c6nc(-c7ccccc7)nc(-c7ccccc7)n6)cccc45)c3c2)cc1. The van der Waals surface area contributed by atoms with Crippen LogP contribution in [-0.4, -0.2) is 19.5 Å². The number of benzene rings is 8. The van der Waals surface area contributed by atoms with Gasteiger partial charge in [-0.2, -0.15) is 0 Å². The molecule has 0 saturated carbocycles. The van der Waals surface area contributed by atoms with Crippen molar-refractivity contribution >= 4 is 43.4 Å². The molecule has 4 nitrogen and oxygen atoms in total. The first-order chi connectivity index (χ1) is 25.3. The van der Waals surface area contributed by atoms with Crippen molar-refractivity contribution in [2.75, 3.05) is 0 Å². The van der Waals surface area contributed by atoms with Crippen molar-refractivity contribution in [2.24, 2.45) is 0 Å². The van der Waals surface area contributed by atoms with E-state index in [1.54, 1.807) is 0 Å². The lowest BCUT2D eigenvalue weighted by atomic mass is 10.0. The fourth-order valence-corrected chi connectivity index (χ4v) is 7.39. The number of aromatic nitrogens is 4. The second kappa shape index (κ2) is 11.9. The summed E-state index contributed by atoms with van der Waals surface area (Å²) in [6.45, 7) is 0. The van der Waals surface area contributed by atoms with Gasteiger partial charge in [0.2, 0.25) is 0 Å². The van der Waals surface area contributed by atoms with Gasteiger partial charge in [0.1, 0.15) is 0 Å². The van der Waals surface area contributed by atoms with Crippen LogP contribution in [0.15, 0.2) is 182 Å². The highest BCUT2D eigenvalue weighted by Gasteiger charge is 2.19. The fraction of sp³-hybridized carbons (Fsp3) is 0. The van der Waals surface area contributed by atoms with Gasteiger partial charge >= 0.3 is 0 Å². The van der Waals surface area contributed by atoms with Crippen molar-refractivity contribution in [1.29, 1.82) is 0 Å². The monoisotopic (exact) mass is 650 g/mol. The summed E-state index contributed by atoms with van der Waals surface area (Å²) in [6.07, 6.45) is 0. The molecule has 2 heterocycles. The van der Waals surface area contributed by atoms with Gasteiger partial charge in [0, 0.05) is 32.8 Å². The Balaban J connectivity index is 1.25. The highest BCUT2D eigenvalue weighted by molar-refractivity contribution is 6.15. The summed E-state index contributed by atoms with van der Waals surface area (Å²) in [6, 6.07) is 64.1. The van der Waals surface area contributed by atoms with Crippen molar-refractivity contribution in [3.8, 4) is 51.0 Å². The molecule has 0 spiro atoms. The normalized spacial score (nSPS) is 11.5. The van der Waals surface area contributed by atoms with E-state index in [0.29, 0.717) is 17.5 Å². The van der Waals surface area contributed by atoms with Gasteiger partial charge in [-0.05, 0) is 51.6 Å². The molecular formula is C47H30N4. The molecule has 0 atom stereocenters. The minimum atomic E-state index is 0.644. The molecule has 4 heteroatoms. The Hall–Kier alpha value is -6.91. The Labute approximate surface area is 295 Å². The topological polar surface area (TPSA) is 43.6 Å². The maximum absolute atomic E-state index is 5.09. The van der Waals surface area contributed by atoms with E-state index >= 15 is 0 Å². The molecule has 10 rings (SSSR count). The van der Waals surface area contributed by atoms with Gasteiger partial charge in [-0.3, -0.25) is 0 Å². The van der Waals surface area contributed by atoms with E-state index in [4.69, 9.17) is 15.0 Å². The van der Waals surface area contributed by atoms with Gasteiger partial charge < -0.3 is 4.57 Å². The molecule has 0 bridgehead atoms. The van der Waals surface area contributed by atoms with Crippen LogP contribution in [0.5, 0.6) is 0 Å². The van der Waals surface area contributed by atoms with E-state index < -0.39 is 0 Å². The first-order valence-corrected chi connectivity index (χ1v) is 17.2. The van der Waals surface area contributed by atoms with Crippen molar-refractivity contribution in [3.05, 3.63) is 182 Å². The van der Waals surface area contributed by atoms with Crippen LogP contribution >= 0.6 is 0 Å². The second-order valence-electron chi connectivity index (χ2n) is 12.9. The molecule has 0 unspecified atom stereocenters. The number of fused-ring (bicyclic) bond motifs is 5. The molecular weight excluding hydrogens is 621 g/mol. The molecule has 0 aliphatic carbocycles. The lowest BCUT2D eigenvalue weighted by Gasteiger charge is -2.15. The highest BCUT2D eigenvalue weighted by atomic mass is 15.0. The quantitative estimate of drug-likeness (QED) is 0.186. The highest BCUT2D eigenvalue weighted by Crippen LogP contribution is 2.40. The molecule has 10 aromatic rings. The molecule has 0 N–H and O–H groups in total. The zero-order chi connectivity index (χ0) is 33.7. The van der Waals surface area contributed by atoms with Crippen LogP contribution in [0, 0.1) is 0 Å². The minimum Gasteiger partial charge on any atom is -0.309 e. The summed E-state index contributed by atoms with van der Waals surface area (Å²) in [4.78, 5) is 15.1. The summed E-state index contributed by atoms with van der Waals surface area (Å²) in [5.41, 5.74) is 8.68. The average molecular weight is 651 g/mol. The summed E-state index contributed by atoms with van der Waals surface area (Å²) in [5.74, 6) is 1.94. The van der Waals surface area contributed by atoms with Crippen molar-refractivity contribution in [1.82, 2.24) is 19.5 Å². The third kappa shape index (κ3) is 4.96.